The Balaban J connectivity index is 2.50. The molecule has 1 aromatic heterocycles. The Labute approximate surface area is 135 Å². The highest BCUT2D eigenvalue weighted by Gasteiger charge is 2.21. The second kappa shape index (κ2) is 6.68. The Bertz CT molecular complexity index is 707. The van der Waals surface area contributed by atoms with Crippen molar-refractivity contribution < 1.29 is 14.6 Å². The summed E-state index contributed by atoms with van der Waals surface area (Å²) in [6.07, 6.45) is 0.00543. The predicted molar refractivity (Wildman–Crippen MR) is 87.4 cm³/mol. The second-order valence-electron chi connectivity index (χ2n) is 6.09. The lowest BCUT2D eigenvalue weighted by Crippen LogP contribution is -2.10. The van der Waals surface area contributed by atoms with Crippen LogP contribution in [0.5, 0.6) is 5.75 Å². The van der Waals surface area contributed by atoms with Crippen LogP contribution in [0, 0.1) is 5.92 Å². The fourth-order valence-corrected chi connectivity index (χ4v) is 2.27. The van der Waals surface area contributed by atoms with Crippen LogP contribution in [0.3, 0.4) is 0 Å². The van der Waals surface area contributed by atoms with Crippen molar-refractivity contribution in [3.8, 4) is 17.0 Å². The SMILES string of the molecule is CC(C)Cn1nnc(C(=O)O)c1-c1ccc(OC(C)C)c(N)c1. The van der Waals surface area contributed by atoms with E-state index in [0.29, 0.717) is 35.2 Å². The Morgan fingerprint density at radius 2 is 2.04 bits per heavy atom. The molecule has 124 valence electrons. The average molecular weight is 318 g/mol. The quantitative estimate of drug-likeness (QED) is 0.794. The van der Waals surface area contributed by atoms with Gasteiger partial charge in [0.25, 0.3) is 0 Å². The van der Waals surface area contributed by atoms with E-state index in [2.05, 4.69) is 10.3 Å². The van der Waals surface area contributed by atoms with Crippen LogP contribution in [0.4, 0.5) is 5.69 Å². The van der Waals surface area contributed by atoms with Gasteiger partial charge in [-0.2, -0.15) is 0 Å². The highest BCUT2D eigenvalue weighted by molar-refractivity contribution is 5.93. The summed E-state index contributed by atoms with van der Waals surface area (Å²) < 4.78 is 7.21. The van der Waals surface area contributed by atoms with Gasteiger partial charge in [-0.15, -0.1) is 5.10 Å². The minimum Gasteiger partial charge on any atom is -0.489 e. The first kappa shape index (κ1) is 16.8. The maximum Gasteiger partial charge on any atom is 0.358 e. The van der Waals surface area contributed by atoms with E-state index >= 15 is 0 Å². The number of nitrogens with two attached hydrogens (primary N) is 1. The number of carboxylic acids is 1. The third kappa shape index (κ3) is 3.80. The maximum absolute atomic E-state index is 11.4. The maximum atomic E-state index is 11.4. The standard InChI is InChI=1S/C16H22N4O3/c1-9(2)8-20-15(14(16(21)22)18-19-20)11-5-6-13(12(17)7-11)23-10(3)4/h5-7,9-10H,8,17H2,1-4H3,(H,21,22). The van der Waals surface area contributed by atoms with Gasteiger partial charge in [0.1, 0.15) is 11.4 Å². The molecule has 2 aromatic rings. The van der Waals surface area contributed by atoms with Crippen LogP contribution in [-0.2, 0) is 6.54 Å². The number of nitrogens with zero attached hydrogens (tertiary/aromatic N) is 3. The topological polar surface area (TPSA) is 103 Å². The van der Waals surface area contributed by atoms with Gasteiger partial charge in [-0.05, 0) is 38.0 Å². The molecule has 3 N–H and O–H groups in total. The summed E-state index contributed by atoms with van der Waals surface area (Å²) in [4.78, 5) is 11.4. The zero-order valence-electron chi connectivity index (χ0n) is 13.8. The summed E-state index contributed by atoms with van der Waals surface area (Å²) in [6.45, 7) is 8.45. The smallest absolute Gasteiger partial charge is 0.358 e. The zero-order chi connectivity index (χ0) is 17.1. The van der Waals surface area contributed by atoms with Crippen LogP contribution in [0.15, 0.2) is 18.2 Å². The number of aromatic carboxylic acids is 1. The van der Waals surface area contributed by atoms with Crippen LogP contribution in [0.25, 0.3) is 11.3 Å². The Hall–Kier alpha value is -2.57. The highest BCUT2D eigenvalue weighted by atomic mass is 16.5. The van der Waals surface area contributed by atoms with Crippen LogP contribution < -0.4 is 10.5 Å². The van der Waals surface area contributed by atoms with Gasteiger partial charge in [-0.25, -0.2) is 9.48 Å². The number of carboxylic acid groups (broad SMARTS) is 1. The van der Waals surface area contributed by atoms with E-state index in [0.717, 1.165) is 0 Å². The lowest BCUT2D eigenvalue weighted by atomic mass is 10.1. The minimum atomic E-state index is -1.11. The Morgan fingerprint density at radius 3 is 2.57 bits per heavy atom. The number of nitrogen functional groups attached to an aromatic ring is 1. The molecule has 0 unspecified atom stereocenters. The Kier molecular flexibility index (Phi) is 4.88. The summed E-state index contributed by atoms with van der Waals surface area (Å²) in [6, 6.07) is 5.21. The summed E-state index contributed by atoms with van der Waals surface area (Å²) in [5.41, 5.74) is 7.51. The molecular formula is C16H22N4O3. The van der Waals surface area contributed by atoms with E-state index in [1.807, 2.05) is 27.7 Å². The number of anilines is 1. The number of rotatable bonds is 6. The molecule has 0 saturated carbocycles. The molecule has 2 rings (SSSR count). The molecular weight excluding hydrogens is 296 g/mol. The summed E-state index contributed by atoms with van der Waals surface area (Å²) in [7, 11) is 0. The number of hydrogen-bond acceptors (Lipinski definition) is 5. The van der Waals surface area contributed by atoms with Crippen LogP contribution in [0.2, 0.25) is 0 Å². The number of aromatic nitrogens is 3. The molecule has 23 heavy (non-hydrogen) atoms. The first-order valence-electron chi connectivity index (χ1n) is 7.53. The summed E-state index contributed by atoms with van der Waals surface area (Å²) in [5.74, 6) is -0.238. The fourth-order valence-electron chi connectivity index (χ4n) is 2.27. The van der Waals surface area contributed by atoms with Crippen molar-refractivity contribution >= 4 is 11.7 Å². The molecule has 0 radical (unpaired) electrons. The van der Waals surface area contributed by atoms with Crippen molar-refractivity contribution in [1.29, 1.82) is 0 Å². The van der Waals surface area contributed by atoms with Gasteiger partial charge in [-0.3, -0.25) is 0 Å². The molecule has 0 bridgehead atoms. The largest absolute Gasteiger partial charge is 0.489 e. The third-order valence-electron chi connectivity index (χ3n) is 3.12. The van der Waals surface area contributed by atoms with Crippen molar-refractivity contribution in [2.75, 3.05) is 5.73 Å². The molecule has 1 aromatic carbocycles. The molecule has 7 heteroatoms. The van der Waals surface area contributed by atoms with E-state index in [4.69, 9.17) is 10.5 Å². The normalized spacial score (nSPS) is 11.2. The summed E-state index contributed by atoms with van der Waals surface area (Å²) in [5, 5.41) is 17.1. The van der Waals surface area contributed by atoms with Crippen LogP contribution in [0.1, 0.15) is 38.2 Å². The van der Waals surface area contributed by atoms with Crippen molar-refractivity contribution in [3.05, 3.63) is 23.9 Å². The molecule has 0 atom stereocenters. The third-order valence-corrected chi connectivity index (χ3v) is 3.12. The van der Waals surface area contributed by atoms with Crippen LogP contribution >= 0.6 is 0 Å². The monoisotopic (exact) mass is 318 g/mol. The van der Waals surface area contributed by atoms with E-state index in [1.165, 1.54) is 0 Å². The zero-order valence-corrected chi connectivity index (χ0v) is 13.8. The lowest BCUT2D eigenvalue weighted by Gasteiger charge is -2.14. The molecule has 0 fully saturated rings. The van der Waals surface area contributed by atoms with Gasteiger partial charge in [0, 0.05) is 12.1 Å². The van der Waals surface area contributed by atoms with Crippen molar-refractivity contribution in [3.63, 3.8) is 0 Å². The number of benzene rings is 1. The first-order chi connectivity index (χ1) is 10.8. The minimum absolute atomic E-state index is 0.00543. The van der Waals surface area contributed by atoms with Crippen molar-refractivity contribution in [2.45, 2.75) is 40.3 Å². The molecule has 0 aliphatic heterocycles. The molecule has 0 aliphatic rings. The van der Waals surface area contributed by atoms with Crippen LogP contribution in [-0.4, -0.2) is 32.2 Å². The highest BCUT2D eigenvalue weighted by Crippen LogP contribution is 2.30. The lowest BCUT2D eigenvalue weighted by molar-refractivity contribution is 0.0691. The molecule has 0 aliphatic carbocycles. The van der Waals surface area contributed by atoms with Crippen molar-refractivity contribution in [2.24, 2.45) is 5.92 Å². The fraction of sp³-hybridized carbons (Fsp3) is 0.438. The van der Waals surface area contributed by atoms with E-state index < -0.39 is 5.97 Å². The number of ether oxygens (including phenoxy) is 1. The van der Waals surface area contributed by atoms with Gasteiger partial charge in [-0.1, -0.05) is 19.1 Å². The number of carbonyl (C=O) groups is 1. The molecule has 7 nitrogen and oxygen atoms in total. The molecule has 0 amide bonds. The van der Waals surface area contributed by atoms with E-state index in [1.54, 1.807) is 22.9 Å². The molecule has 0 spiro atoms. The number of hydrogen-bond donors (Lipinski definition) is 2. The Morgan fingerprint density at radius 1 is 1.35 bits per heavy atom. The predicted octanol–water partition coefficient (Wildman–Crippen LogP) is 2.67. The van der Waals surface area contributed by atoms with Gasteiger partial charge >= 0.3 is 5.97 Å². The van der Waals surface area contributed by atoms with E-state index in [-0.39, 0.29) is 11.8 Å². The van der Waals surface area contributed by atoms with E-state index in [9.17, 15) is 9.90 Å². The first-order valence-corrected chi connectivity index (χ1v) is 7.53. The van der Waals surface area contributed by atoms with Gasteiger partial charge in [0.15, 0.2) is 5.69 Å². The molecule has 0 saturated heterocycles. The summed E-state index contributed by atoms with van der Waals surface area (Å²) >= 11 is 0. The molecule has 1 heterocycles. The average Bonchev–Trinajstić information content (AvgIpc) is 2.83. The van der Waals surface area contributed by atoms with Gasteiger partial charge in [0.2, 0.25) is 0 Å². The van der Waals surface area contributed by atoms with Gasteiger partial charge < -0.3 is 15.6 Å². The van der Waals surface area contributed by atoms with Crippen molar-refractivity contribution in [1.82, 2.24) is 15.0 Å². The van der Waals surface area contributed by atoms with Gasteiger partial charge in [0.05, 0.1) is 11.8 Å². The second-order valence-corrected chi connectivity index (χ2v) is 6.09.